The van der Waals surface area contributed by atoms with Crippen molar-refractivity contribution in [3.8, 4) is 6.07 Å². The van der Waals surface area contributed by atoms with Crippen LogP contribution in [-0.2, 0) is 11.3 Å². The molecule has 0 bridgehead atoms. The van der Waals surface area contributed by atoms with Crippen LogP contribution in [0.3, 0.4) is 0 Å². The lowest BCUT2D eigenvalue weighted by atomic mass is 9.77. The smallest absolute Gasteiger partial charge is 0.0979 e. The Hall–Kier alpha value is -1.37. The maximum Gasteiger partial charge on any atom is 0.0979 e. The Bertz CT molecular complexity index is 494. The predicted molar refractivity (Wildman–Crippen MR) is 77.8 cm³/mol. The van der Waals surface area contributed by atoms with Crippen LogP contribution in [0, 0.1) is 22.7 Å². The van der Waals surface area contributed by atoms with E-state index in [0.717, 1.165) is 36.8 Å². The first-order valence-electron chi connectivity index (χ1n) is 7.33. The van der Waals surface area contributed by atoms with Gasteiger partial charge in [-0.05, 0) is 36.3 Å². The highest BCUT2D eigenvalue weighted by atomic mass is 16.5. The van der Waals surface area contributed by atoms with E-state index in [2.05, 4.69) is 13.0 Å². The first kappa shape index (κ1) is 15.0. The molecule has 1 aliphatic rings. The van der Waals surface area contributed by atoms with Gasteiger partial charge in [0.05, 0.1) is 24.2 Å². The fourth-order valence-corrected chi connectivity index (χ4v) is 3.33. The van der Waals surface area contributed by atoms with Crippen LogP contribution < -0.4 is 0 Å². The van der Waals surface area contributed by atoms with Crippen LogP contribution in [0.15, 0.2) is 24.3 Å². The minimum absolute atomic E-state index is 0.464. The van der Waals surface area contributed by atoms with Gasteiger partial charge >= 0.3 is 0 Å². The third-order valence-corrected chi connectivity index (χ3v) is 4.62. The van der Waals surface area contributed by atoms with Crippen LogP contribution in [0.1, 0.15) is 49.8 Å². The van der Waals surface area contributed by atoms with E-state index in [1.54, 1.807) is 7.11 Å². The van der Waals surface area contributed by atoms with Crippen molar-refractivity contribution in [2.75, 3.05) is 7.11 Å². The van der Waals surface area contributed by atoms with Crippen molar-refractivity contribution in [1.29, 1.82) is 5.26 Å². The van der Waals surface area contributed by atoms with E-state index < -0.39 is 11.5 Å². The summed E-state index contributed by atoms with van der Waals surface area (Å²) < 4.78 is 5.20. The standard InChI is InChI=1S/C17H23NO2/c1-3-13-8-9-17(10-13,12-18)16(19)15-7-5-4-6-14(15)11-20-2/h4-7,13,16,19H,3,8-11H2,1-2H3. The van der Waals surface area contributed by atoms with E-state index in [1.807, 2.05) is 24.3 Å². The Morgan fingerprint density at radius 2 is 2.25 bits per heavy atom. The molecule has 1 aromatic carbocycles. The average Bonchev–Trinajstić information content (AvgIpc) is 2.92. The number of rotatable bonds is 5. The monoisotopic (exact) mass is 273 g/mol. The normalized spacial score (nSPS) is 27.2. The van der Waals surface area contributed by atoms with Gasteiger partial charge in [0.15, 0.2) is 0 Å². The molecule has 1 aromatic rings. The Kier molecular flexibility index (Phi) is 4.80. The van der Waals surface area contributed by atoms with Gasteiger partial charge in [0.25, 0.3) is 0 Å². The summed E-state index contributed by atoms with van der Waals surface area (Å²) in [6, 6.07) is 10.1. The molecule has 3 nitrogen and oxygen atoms in total. The molecule has 0 radical (unpaired) electrons. The quantitative estimate of drug-likeness (QED) is 0.892. The summed E-state index contributed by atoms with van der Waals surface area (Å²) in [5.74, 6) is 0.555. The molecule has 0 heterocycles. The van der Waals surface area contributed by atoms with E-state index in [1.165, 1.54) is 0 Å². The number of nitriles is 1. The molecule has 3 atom stereocenters. The summed E-state index contributed by atoms with van der Waals surface area (Å²) in [6.45, 7) is 2.62. The van der Waals surface area contributed by atoms with Crippen LogP contribution in [0.4, 0.5) is 0 Å². The molecule has 0 spiro atoms. The van der Waals surface area contributed by atoms with Gasteiger partial charge in [-0.15, -0.1) is 0 Å². The lowest BCUT2D eigenvalue weighted by Gasteiger charge is -2.29. The molecule has 1 fully saturated rings. The fourth-order valence-electron chi connectivity index (χ4n) is 3.33. The second-order valence-electron chi connectivity index (χ2n) is 5.82. The number of hydrogen-bond donors (Lipinski definition) is 1. The van der Waals surface area contributed by atoms with E-state index in [0.29, 0.717) is 12.5 Å². The summed E-state index contributed by atoms with van der Waals surface area (Å²) in [5.41, 5.74) is 1.18. The Balaban J connectivity index is 2.30. The predicted octanol–water partition coefficient (Wildman–Crippen LogP) is 3.59. The van der Waals surface area contributed by atoms with Crippen LogP contribution >= 0.6 is 0 Å². The third kappa shape index (κ3) is 2.72. The van der Waals surface area contributed by atoms with Crippen LogP contribution in [0.2, 0.25) is 0 Å². The SMILES string of the molecule is CCC1CCC(C#N)(C(O)c2ccccc2COC)C1. The van der Waals surface area contributed by atoms with Crippen LogP contribution in [0.5, 0.6) is 0 Å². The van der Waals surface area contributed by atoms with Crippen molar-refractivity contribution in [1.82, 2.24) is 0 Å². The van der Waals surface area contributed by atoms with Crippen molar-refractivity contribution in [3.63, 3.8) is 0 Å². The summed E-state index contributed by atoms with van der Waals surface area (Å²) in [4.78, 5) is 0. The molecule has 0 aromatic heterocycles. The maximum atomic E-state index is 10.8. The highest BCUT2D eigenvalue weighted by Crippen LogP contribution is 2.50. The summed E-state index contributed by atoms with van der Waals surface area (Å²) in [7, 11) is 1.64. The minimum Gasteiger partial charge on any atom is -0.387 e. The Labute approximate surface area is 121 Å². The number of aliphatic hydroxyl groups excluding tert-OH is 1. The average molecular weight is 273 g/mol. The van der Waals surface area contributed by atoms with E-state index >= 15 is 0 Å². The highest BCUT2D eigenvalue weighted by molar-refractivity contribution is 5.32. The number of methoxy groups -OCH3 is 1. The molecule has 3 heteroatoms. The van der Waals surface area contributed by atoms with Crippen molar-refractivity contribution in [3.05, 3.63) is 35.4 Å². The van der Waals surface area contributed by atoms with Gasteiger partial charge in [0.2, 0.25) is 0 Å². The van der Waals surface area contributed by atoms with Crippen molar-refractivity contribution >= 4 is 0 Å². The van der Waals surface area contributed by atoms with Crippen LogP contribution in [-0.4, -0.2) is 12.2 Å². The zero-order chi connectivity index (χ0) is 14.6. The van der Waals surface area contributed by atoms with Gasteiger partial charge in [-0.3, -0.25) is 0 Å². The van der Waals surface area contributed by atoms with Gasteiger partial charge in [0.1, 0.15) is 0 Å². The molecule has 2 rings (SSSR count). The lowest BCUT2D eigenvalue weighted by Crippen LogP contribution is -2.25. The number of benzene rings is 1. The molecule has 20 heavy (non-hydrogen) atoms. The van der Waals surface area contributed by atoms with Gasteiger partial charge < -0.3 is 9.84 Å². The number of nitrogens with zero attached hydrogens (tertiary/aromatic N) is 1. The van der Waals surface area contributed by atoms with E-state index in [4.69, 9.17) is 4.74 Å². The molecule has 108 valence electrons. The molecule has 1 aliphatic carbocycles. The lowest BCUT2D eigenvalue weighted by molar-refractivity contribution is 0.0613. The van der Waals surface area contributed by atoms with Crippen molar-refractivity contribution < 1.29 is 9.84 Å². The van der Waals surface area contributed by atoms with Gasteiger partial charge in [0, 0.05) is 7.11 Å². The molecule has 3 unspecified atom stereocenters. The second-order valence-corrected chi connectivity index (χ2v) is 5.82. The molecule has 1 N–H and O–H groups in total. The summed E-state index contributed by atoms with van der Waals surface area (Å²) in [6.07, 6.45) is 2.96. The topological polar surface area (TPSA) is 53.2 Å². The summed E-state index contributed by atoms with van der Waals surface area (Å²) in [5, 5.41) is 20.5. The molecule has 1 saturated carbocycles. The third-order valence-electron chi connectivity index (χ3n) is 4.62. The first-order chi connectivity index (χ1) is 9.66. The zero-order valence-corrected chi connectivity index (χ0v) is 12.3. The van der Waals surface area contributed by atoms with Crippen LogP contribution in [0.25, 0.3) is 0 Å². The molecule has 0 amide bonds. The largest absolute Gasteiger partial charge is 0.387 e. The number of hydrogen-bond acceptors (Lipinski definition) is 3. The number of ether oxygens (including phenoxy) is 1. The first-order valence-corrected chi connectivity index (χ1v) is 7.33. The molecule has 0 saturated heterocycles. The van der Waals surface area contributed by atoms with E-state index in [-0.39, 0.29) is 0 Å². The van der Waals surface area contributed by atoms with E-state index in [9.17, 15) is 10.4 Å². The van der Waals surface area contributed by atoms with Gasteiger partial charge in [-0.1, -0.05) is 37.6 Å². The van der Waals surface area contributed by atoms with Crippen molar-refractivity contribution in [2.45, 2.75) is 45.3 Å². The number of aliphatic hydroxyl groups is 1. The Morgan fingerprint density at radius 3 is 2.85 bits per heavy atom. The minimum atomic E-state index is -0.726. The van der Waals surface area contributed by atoms with Crippen molar-refractivity contribution in [2.24, 2.45) is 11.3 Å². The zero-order valence-electron chi connectivity index (χ0n) is 12.3. The molecular weight excluding hydrogens is 250 g/mol. The Morgan fingerprint density at radius 1 is 1.50 bits per heavy atom. The highest BCUT2D eigenvalue weighted by Gasteiger charge is 2.45. The van der Waals surface area contributed by atoms with Gasteiger partial charge in [-0.25, -0.2) is 0 Å². The maximum absolute atomic E-state index is 10.8. The second kappa shape index (κ2) is 6.39. The van der Waals surface area contributed by atoms with Gasteiger partial charge in [-0.2, -0.15) is 5.26 Å². The molecule has 0 aliphatic heterocycles. The fraction of sp³-hybridized carbons (Fsp3) is 0.588. The molecular formula is C17H23NO2. The summed E-state index contributed by atoms with van der Waals surface area (Å²) >= 11 is 0.